The topological polar surface area (TPSA) is 237 Å². The molecule has 0 saturated carbocycles. The van der Waals surface area contributed by atoms with Crippen molar-refractivity contribution in [1.82, 2.24) is 0 Å². The largest absolute Gasteiger partial charge is 0.472 e. The van der Waals surface area contributed by atoms with Gasteiger partial charge in [0, 0.05) is 25.7 Å². The molecule has 0 aliphatic heterocycles. The lowest BCUT2D eigenvalue weighted by Gasteiger charge is -2.21. The van der Waals surface area contributed by atoms with E-state index in [2.05, 4.69) is 55.4 Å². The van der Waals surface area contributed by atoms with Crippen molar-refractivity contribution in [2.45, 2.75) is 440 Å². The van der Waals surface area contributed by atoms with Crippen LogP contribution in [0.1, 0.15) is 421 Å². The Balaban J connectivity index is 5.13. The van der Waals surface area contributed by atoms with E-state index >= 15 is 0 Å². The van der Waals surface area contributed by atoms with Crippen molar-refractivity contribution in [3.05, 3.63) is 0 Å². The van der Waals surface area contributed by atoms with Gasteiger partial charge in [-0.1, -0.05) is 370 Å². The van der Waals surface area contributed by atoms with Gasteiger partial charge in [-0.15, -0.1) is 0 Å². The highest BCUT2D eigenvalue weighted by Crippen LogP contribution is 2.45. The van der Waals surface area contributed by atoms with Crippen LogP contribution in [-0.2, 0) is 65.4 Å². The minimum atomic E-state index is -4.96. The van der Waals surface area contributed by atoms with Crippen LogP contribution in [0.4, 0.5) is 0 Å². The number of hydrogen-bond donors (Lipinski definition) is 3. The molecule has 0 bridgehead atoms. The van der Waals surface area contributed by atoms with Crippen LogP contribution in [-0.4, -0.2) is 96.7 Å². The summed E-state index contributed by atoms with van der Waals surface area (Å²) in [6, 6.07) is 0. The summed E-state index contributed by atoms with van der Waals surface area (Å²) in [6.07, 6.45) is 58.5. The highest BCUT2D eigenvalue weighted by Gasteiger charge is 2.30. The molecule has 0 aliphatic carbocycles. The molecule has 0 aliphatic rings. The molecule has 0 radical (unpaired) electrons. The van der Waals surface area contributed by atoms with Crippen molar-refractivity contribution in [3.63, 3.8) is 0 Å². The van der Waals surface area contributed by atoms with E-state index in [0.29, 0.717) is 25.7 Å². The normalized spacial score (nSPS) is 14.8. The Bertz CT molecular complexity index is 1980. The summed E-state index contributed by atoms with van der Waals surface area (Å²) in [5, 5.41) is 10.6. The smallest absolute Gasteiger partial charge is 0.462 e. The second-order valence-electron chi connectivity index (χ2n) is 30.7. The van der Waals surface area contributed by atoms with Crippen LogP contribution in [0.2, 0.25) is 0 Å². The zero-order chi connectivity index (χ0) is 74.6. The summed E-state index contributed by atoms with van der Waals surface area (Å²) in [7, 11) is -9.92. The van der Waals surface area contributed by atoms with Crippen LogP contribution in [0, 0.1) is 23.7 Å². The highest BCUT2D eigenvalue weighted by molar-refractivity contribution is 7.47. The number of hydrogen-bond acceptors (Lipinski definition) is 15. The second-order valence-corrected chi connectivity index (χ2v) is 33.6. The van der Waals surface area contributed by atoms with Gasteiger partial charge in [0.2, 0.25) is 0 Å². The first-order valence-corrected chi connectivity index (χ1v) is 45.3. The van der Waals surface area contributed by atoms with Gasteiger partial charge in [-0.25, -0.2) is 9.13 Å². The maximum atomic E-state index is 13.1. The molecule has 101 heavy (non-hydrogen) atoms. The van der Waals surface area contributed by atoms with E-state index in [9.17, 15) is 43.2 Å². The van der Waals surface area contributed by atoms with Gasteiger partial charge in [0.25, 0.3) is 0 Å². The van der Waals surface area contributed by atoms with Crippen molar-refractivity contribution >= 4 is 39.5 Å². The third-order valence-electron chi connectivity index (χ3n) is 20.2. The van der Waals surface area contributed by atoms with Gasteiger partial charge in [0.1, 0.15) is 19.3 Å². The van der Waals surface area contributed by atoms with Gasteiger partial charge in [-0.2, -0.15) is 0 Å². The molecule has 0 fully saturated rings. The number of aliphatic hydroxyl groups excluding tert-OH is 1. The Morgan fingerprint density at radius 3 is 0.703 bits per heavy atom. The third-order valence-corrected chi connectivity index (χ3v) is 22.1. The molecule has 0 aromatic carbocycles. The first-order valence-electron chi connectivity index (χ1n) is 42.3. The Morgan fingerprint density at radius 1 is 0.277 bits per heavy atom. The predicted molar refractivity (Wildman–Crippen MR) is 414 cm³/mol. The van der Waals surface area contributed by atoms with Crippen molar-refractivity contribution in [2.75, 3.05) is 39.6 Å². The fourth-order valence-corrected chi connectivity index (χ4v) is 14.1. The van der Waals surface area contributed by atoms with Crippen LogP contribution in [0.5, 0.6) is 0 Å². The molecule has 0 rings (SSSR count). The maximum Gasteiger partial charge on any atom is 0.472 e. The van der Waals surface area contributed by atoms with E-state index in [-0.39, 0.29) is 25.7 Å². The van der Waals surface area contributed by atoms with Crippen LogP contribution in [0.3, 0.4) is 0 Å². The summed E-state index contributed by atoms with van der Waals surface area (Å²) >= 11 is 0. The van der Waals surface area contributed by atoms with Crippen LogP contribution < -0.4 is 0 Å². The van der Waals surface area contributed by atoms with E-state index in [0.717, 1.165) is 120 Å². The quantitative estimate of drug-likeness (QED) is 0.0222. The number of phosphoric acid groups is 2. The minimum Gasteiger partial charge on any atom is -0.462 e. The molecule has 0 aromatic rings. The summed E-state index contributed by atoms with van der Waals surface area (Å²) in [5.41, 5.74) is 0. The number of unbranched alkanes of at least 4 members (excludes halogenated alkanes) is 42. The predicted octanol–water partition coefficient (Wildman–Crippen LogP) is 24.4. The number of esters is 4. The lowest BCUT2D eigenvalue weighted by Crippen LogP contribution is -2.30. The number of rotatable bonds is 79. The third kappa shape index (κ3) is 72.1. The molecule has 0 amide bonds. The second kappa shape index (κ2) is 71.0. The zero-order valence-corrected chi connectivity index (χ0v) is 68.3. The average molecular weight is 1480 g/mol. The molecule has 0 aromatic heterocycles. The number of ether oxygens (including phenoxy) is 4. The molecule has 17 nitrogen and oxygen atoms in total. The molecule has 3 N–H and O–H groups in total. The molecular formula is C82H160O17P2. The summed E-state index contributed by atoms with van der Waals surface area (Å²) in [5.74, 6) is 1.02. The lowest BCUT2D eigenvalue weighted by atomic mass is 9.99. The summed E-state index contributed by atoms with van der Waals surface area (Å²) in [4.78, 5) is 73.0. The standard InChI is InChI=1S/C82H160O17P2/c1-9-73(6)59-51-43-35-31-27-23-19-14-12-13-15-21-25-29-33-37-48-56-64-81(86)98-77(69-93-80(85)63-55-47-40-38-44-52-60-74(7)10-2)70-96-100(88,89)94-66-76(83)67-95-101(90,91)97-71-78(99-82(87)65-57-49-41-39-45-53-61-75(8)11-3)68-92-79(84)62-54-46-36-32-28-24-20-17-16-18-22-26-30-34-42-50-58-72(4)5/h72-78,83H,9-71H2,1-8H3,(H,88,89)(H,90,91)/t73?,74?,75?,76-,77+,78+/m0/s1. The van der Waals surface area contributed by atoms with Crippen LogP contribution in [0.25, 0.3) is 0 Å². The molecule has 0 heterocycles. The Morgan fingerprint density at radius 2 is 0.475 bits per heavy atom. The number of phosphoric ester groups is 2. The number of aliphatic hydroxyl groups is 1. The SMILES string of the molecule is CCC(C)CCCCCCCCCCCCCCCCCCCCC(=O)O[C@H](COC(=O)CCCCCCCCC(C)CC)COP(=O)(O)OC[C@H](O)COP(=O)(O)OC[C@@H](COC(=O)CCCCCCCCCCCCCCCCCCC(C)C)OC(=O)CCCCCCCCC(C)CC. The van der Waals surface area contributed by atoms with Gasteiger partial charge < -0.3 is 33.8 Å². The van der Waals surface area contributed by atoms with Crippen LogP contribution in [0.15, 0.2) is 0 Å². The molecule has 600 valence electrons. The van der Waals surface area contributed by atoms with Crippen molar-refractivity contribution in [1.29, 1.82) is 0 Å². The fraction of sp³-hybridized carbons (Fsp3) is 0.951. The maximum absolute atomic E-state index is 13.1. The molecule has 0 spiro atoms. The first kappa shape index (κ1) is 99.1. The monoisotopic (exact) mass is 1480 g/mol. The van der Waals surface area contributed by atoms with Gasteiger partial charge in [-0.3, -0.25) is 37.3 Å². The van der Waals surface area contributed by atoms with Gasteiger partial charge in [0.15, 0.2) is 12.2 Å². The molecule has 5 unspecified atom stereocenters. The lowest BCUT2D eigenvalue weighted by molar-refractivity contribution is -0.161. The van der Waals surface area contributed by atoms with Crippen molar-refractivity contribution in [3.8, 4) is 0 Å². The average Bonchev–Trinajstić information content (AvgIpc) is 0.924. The van der Waals surface area contributed by atoms with E-state index < -0.39 is 97.5 Å². The van der Waals surface area contributed by atoms with E-state index in [1.165, 1.54) is 218 Å². The summed E-state index contributed by atoms with van der Waals surface area (Å²) < 4.78 is 68.7. The fourth-order valence-electron chi connectivity index (χ4n) is 12.5. The van der Waals surface area contributed by atoms with E-state index in [1.54, 1.807) is 0 Å². The number of carbonyl (C=O) groups excluding carboxylic acids is 4. The minimum absolute atomic E-state index is 0.103. The van der Waals surface area contributed by atoms with E-state index in [1.807, 2.05) is 0 Å². The van der Waals surface area contributed by atoms with Gasteiger partial charge >= 0.3 is 39.5 Å². The van der Waals surface area contributed by atoms with E-state index in [4.69, 9.17) is 37.0 Å². The Labute approximate surface area is 619 Å². The number of carbonyl (C=O) groups is 4. The Kier molecular flexibility index (Phi) is 69.6. The molecular weight excluding hydrogens is 1320 g/mol. The molecule has 19 heteroatoms. The van der Waals surface area contributed by atoms with Crippen molar-refractivity contribution in [2.24, 2.45) is 23.7 Å². The van der Waals surface area contributed by atoms with Crippen molar-refractivity contribution < 1.29 is 80.2 Å². The zero-order valence-electron chi connectivity index (χ0n) is 66.5. The molecule has 8 atom stereocenters. The van der Waals surface area contributed by atoms with Crippen LogP contribution >= 0.6 is 15.6 Å². The molecule has 0 saturated heterocycles. The summed E-state index contributed by atoms with van der Waals surface area (Å²) in [6.45, 7) is 14.3. The van der Waals surface area contributed by atoms with Gasteiger partial charge in [-0.05, 0) is 49.4 Å². The first-order chi connectivity index (χ1) is 48.7. The van der Waals surface area contributed by atoms with Gasteiger partial charge in [0.05, 0.1) is 26.4 Å². The Hall–Kier alpha value is -1.94. The highest BCUT2D eigenvalue weighted by atomic mass is 31.2.